The Bertz CT molecular complexity index is 508. The summed E-state index contributed by atoms with van der Waals surface area (Å²) in [7, 11) is 0. The molecule has 1 fully saturated rings. The lowest BCUT2D eigenvalue weighted by Gasteiger charge is -2.32. The highest BCUT2D eigenvalue weighted by Crippen LogP contribution is 2.42. The van der Waals surface area contributed by atoms with Crippen molar-refractivity contribution in [1.82, 2.24) is 10.2 Å². The van der Waals surface area contributed by atoms with Gasteiger partial charge in [-0.1, -0.05) is 37.6 Å². The van der Waals surface area contributed by atoms with Crippen LogP contribution in [0.1, 0.15) is 52.0 Å². The molecule has 1 saturated carbocycles. The van der Waals surface area contributed by atoms with E-state index in [1.54, 1.807) is 0 Å². The molecule has 0 aromatic heterocycles. The maximum atomic E-state index is 13.1. The fourth-order valence-electron chi connectivity index (χ4n) is 2.84. The smallest absolute Gasteiger partial charge is 0.231 e. The Hall–Kier alpha value is -1.06. The third-order valence-corrected chi connectivity index (χ3v) is 4.76. The van der Waals surface area contributed by atoms with Gasteiger partial charge in [0.2, 0.25) is 5.91 Å². The van der Waals surface area contributed by atoms with Crippen LogP contribution in [0, 0.1) is 0 Å². The number of hydrogen-bond acceptors (Lipinski definition) is 2. The molecule has 0 unspecified atom stereocenters. The molecule has 0 bridgehead atoms. The lowest BCUT2D eigenvalue weighted by atomic mass is 9.96. The number of likely N-dealkylation sites (N-methyl/N-ethyl adjacent to an activating group) is 1. The minimum atomic E-state index is -0.156. The molecule has 122 valence electrons. The second kappa shape index (κ2) is 7.01. The Balaban J connectivity index is 2.22. The molecule has 1 N–H and O–H groups in total. The van der Waals surface area contributed by atoms with E-state index in [1.807, 2.05) is 29.2 Å². The average Bonchev–Trinajstić information content (AvgIpc) is 3.20. The van der Waals surface area contributed by atoms with Gasteiger partial charge in [-0.2, -0.15) is 0 Å². The quantitative estimate of drug-likeness (QED) is 0.827. The van der Waals surface area contributed by atoms with E-state index in [4.69, 9.17) is 11.6 Å². The van der Waals surface area contributed by atoms with Crippen LogP contribution < -0.4 is 5.32 Å². The van der Waals surface area contributed by atoms with Crippen molar-refractivity contribution in [2.45, 2.75) is 58.0 Å². The van der Waals surface area contributed by atoms with Crippen molar-refractivity contribution in [3.8, 4) is 0 Å². The molecule has 1 aromatic carbocycles. The number of benzene rings is 1. The first kappa shape index (κ1) is 17.3. The zero-order chi connectivity index (χ0) is 16.3. The minimum Gasteiger partial charge on any atom is -0.337 e. The van der Waals surface area contributed by atoms with Gasteiger partial charge in [-0.05, 0) is 44.4 Å². The van der Waals surface area contributed by atoms with E-state index >= 15 is 0 Å². The van der Waals surface area contributed by atoms with Crippen molar-refractivity contribution in [1.29, 1.82) is 0 Å². The largest absolute Gasteiger partial charge is 0.337 e. The third kappa shape index (κ3) is 4.02. The number of amides is 1. The summed E-state index contributed by atoms with van der Waals surface area (Å²) >= 11 is 5.98. The van der Waals surface area contributed by atoms with E-state index in [-0.39, 0.29) is 17.4 Å². The van der Waals surface area contributed by atoms with E-state index in [0.717, 1.165) is 24.9 Å². The number of carbonyl (C=O) groups is 1. The van der Waals surface area contributed by atoms with Crippen molar-refractivity contribution < 1.29 is 4.79 Å². The molecule has 4 heteroatoms. The number of nitrogens with one attached hydrogen (secondary N) is 1. The predicted octanol–water partition coefficient (Wildman–Crippen LogP) is 3.82. The average molecular weight is 323 g/mol. The number of carbonyl (C=O) groups excluding carboxylic acids is 1. The van der Waals surface area contributed by atoms with E-state index in [9.17, 15) is 4.79 Å². The van der Waals surface area contributed by atoms with Crippen molar-refractivity contribution in [2.24, 2.45) is 0 Å². The molecule has 0 radical (unpaired) electrons. The minimum absolute atomic E-state index is 0.0638. The van der Waals surface area contributed by atoms with Crippen LogP contribution in [0.2, 0.25) is 5.02 Å². The van der Waals surface area contributed by atoms with E-state index in [2.05, 4.69) is 33.0 Å². The van der Waals surface area contributed by atoms with Crippen molar-refractivity contribution >= 4 is 17.5 Å². The lowest BCUT2D eigenvalue weighted by molar-refractivity contribution is -0.135. The normalized spacial score (nSPS) is 17.4. The fraction of sp³-hybridized carbons (Fsp3) is 0.611. The summed E-state index contributed by atoms with van der Waals surface area (Å²) in [6, 6.07) is 8.02. The van der Waals surface area contributed by atoms with Gasteiger partial charge in [-0.25, -0.2) is 0 Å². The molecule has 1 aliphatic rings. The van der Waals surface area contributed by atoms with Crippen LogP contribution in [0.25, 0.3) is 0 Å². The second-order valence-electron chi connectivity index (χ2n) is 6.75. The van der Waals surface area contributed by atoms with Gasteiger partial charge in [0.15, 0.2) is 0 Å². The summed E-state index contributed by atoms with van der Waals surface area (Å²) < 4.78 is 0. The first-order valence-corrected chi connectivity index (χ1v) is 8.55. The first-order valence-electron chi connectivity index (χ1n) is 8.17. The van der Waals surface area contributed by atoms with Gasteiger partial charge in [0, 0.05) is 29.7 Å². The molecule has 1 aromatic rings. The zero-order valence-corrected chi connectivity index (χ0v) is 14.8. The maximum Gasteiger partial charge on any atom is 0.231 e. The van der Waals surface area contributed by atoms with E-state index < -0.39 is 0 Å². The van der Waals surface area contributed by atoms with Crippen LogP contribution in [0.3, 0.4) is 0 Å². The summed E-state index contributed by atoms with van der Waals surface area (Å²) in [5, 5.41) is 4.11. The Morgan fingerprint density at radius 3 is 2.36 bits per heavy atom. The molecule has 0 heterocycles. The molecular formula is C18H27ClN2O. The molecule has 2 rings (SSSR count). The van der Waals surface area contributed by atoms with Gasteiger partial charge >= 0.3 is 0 Å². The van der Waals surface area contributed by atoms with Gasteiger partial charge in [-0.15, -0.1) is 0 Å². The summed E-state index contributed by atoms with van der Waals surface area (Å²) in [5.74, 6) is 0.0648. The van der Waals surface area contributed by atoms with Gasteiger partial charge < -0.3 is 10.2 Å². The van der Waals surface area contributed by atoms with Gasteiger partial charge in [0.25, 0.3) is 0 Å². The number of halogens is 1. The van der Waals surface area contributed by atoms with Gasteiger partial charge in [-0.3, -0.25) is 4.79 Å². The third-order valence-electron chi connectivity index (χ3n) is 4.51. The monoisotopic (exact) mass is 322 g/mol. The Morgan fingerprint density at radius 1 is 1.32 bits per heavy atom. The van der Waals surface area contributed by atoms with E-state index in [1.165, 1.54) is 0 Å². The molecule has 0 saturated heterocycles. The van der Waals surface area contributed by atoms with Gasteiger partial charge in [0.1, 0.15) is 0 Å². The fourth-order valence-corrected chi connectivity index (χ4v) is 2.96. The van der Waals surface area contributed by atoms with Crippen LogP contribution >= 0.6 is 11.6 Å². The van der Waals surface area contributed by atoms with Crippen LogP contribution in [-0.4, -0.2) is 35.5 Å². The van der Waals surface area contributed by atoms with Crippen LogP contribution in [-0.2, 0) is 4.79 Å². The number of nitrogens with zero attached hydrogens (tertiary/aromatic N) is 1. The molecule has 1 atom stereocenters. The number of rotatable bonds is 7. The molecule has 1 amide bonds. The van der Waals surface area contributed by atoms with Crippen LogP contribution in [0.4, 0.5) is 0 Å². The number of hydrogen-bond donors (Lipinski definition) is 1. The maximum absolute atomic E-state index is 13.1. The van der Waals surface area contributed by atoms with Crippen molar-refractivity contribution in [3.63, 3.8) is 0 Å². The Labute approximate surface area is 139 Å². The highest BCUT2D eigenvalue weighted by molar-refractivity contribution is 6.30. The molecule has 3 nitrogen and oxygen atoms in total. The Morgan fingerprint density at radius 2 is 1.91 bits per heavy atom. The topological polar surface area (TPSA) is 32.3 Å². The highest BCUT2D eigenvalue weighted by atomic mass is 35.5. The van der Waals surface area contributed by atoms with Crippen molar-refractivity contribution in [3.05, 3.63) is 34.9 Å². The zero-order valence-electron chi connectivity index (χ0n) is 14.0. The SMILES string of the molecule is CCN(C(=O)[C@H](CNC(C)C)c1ccc(Cl)cc1)C1(C)CC1. The standard InChI is InChI=1S/C18H27ClN2O/c1-5-21(18(4)10-11-18)17(22)16(12-20-13(2)3)14-6-8-15(19)9-7-14/h6-9,13,16,20H,5,10-12H2,1-4H3/t16-/m1/s1. The Kier molecular flexibility index (Phi) is 5.51. The summed E-state index contributed by atoms with van der Waals surface area (Å²) in [6.45, 7) is 9.87. The second-order valence-corrected chi connectivity index (χ2v) is 7.18. The lowest BCUT2D eigenvalue weighted by Crippen LogP contribution is -2.45. The molecular weight excluding hydrogens is 296 g/mol. The molecule has 22 heavy (non-hydrogen) atoms. The first-order chi connectivity index (χ1) is 10.4. The van der Waals surface area contributed by atoms with E-state index in [0.29, 0.717) is 17.6 Å². The van der Waals surface area contributed by atoms with Crippen LogP contribution in [0.15, 0.2) is 24.3 Å². The van der Waals surface area contributed by atoms with Crippen molar-refractivity contribution in [2.75, 3.05) is 13.1 Å². The molecule has 0 aliphatic heterocycles. The van der Waals surface area contributed by atoms with Gasteiger partial charge in [0.05, 0.1) is 5.92 Å². The molecule has 0 spiro atoms. The summed E-state index contributed by atoms with van der Waals surface area (Å²) in [4.78, 5) is 15.2. The predicted molar refractivity (Wildman–Crippen MR) is 92.4 cm³/mol. The molecule has 1 aliphatic carbocycles. The highest BCUT2D eigenvalue weighted by Gasteiger charge is 2.46. The summed E-state index contributed by atoms with van der Waals surface area (Å²) in [5.41, 5.74) is 1.10. The van der Waals surface area contributed by atoms with Crippen LogP contribution in [0.5, 0.6) is 0 Å². The summed E-state index contributed by atoms with van der Waals surface area (Å²) in [6.07, 6.45) is 2.22.